The minimum atomic E-state index is 0.333. The molecule has 2 aliphatic heterocycles. The van der Waals surface area contributed by atoms with Gasteiger partial charge in [-0.15, -0.1) is 0 Å². The molecule has 1 saturated heterocycles. The smallest absolute Gasteiger partial charge is 0.125 e. The molecule has 2 nitrogen and oxygen atoms in total. The number of hydrogen-bond acceptors (Lipinski definition) is 2. The highest BCUT2D eigenvalue weighted by Crippen LogP contribution is 2.46. The van der Waals surface area contributed by atoms with E-state index in [1.807, 2.05) is 18.2 Å². The Bertz CT molecular complexity index is 295. The molecule has 0 radical (unpaired) electrons. The number of benzene rings is 1. The first-order chi connectivity index (χ1) is 5.45. The van der Waals surface area contributed by atoms with Crippen LogP contribution in [0.15, 0.2) is 24.3 Å². The zero-order chi connectivity index (χ0) is 7.26. The molecule has 0 amide bonds. The molecule has 56 valence electrons. The summed E-state index contributed by atoms with van der Waals surface area (Å²) in [5.74, 6) is 0.992. The first-order valence-electron chi connectivity index (χ1n) is 3.82. The van der Waals surface area contributed by atoms with Crippen molar-refractivity contribution in [2.45, 2.75) is 12.2 Å². The molecule has 1 fully saturated rings. The lowest BCUT2D eigenvalue weighted by Gasteiger charge is -2.12. The lowest BCUT2D eigenvalue weighted by Crippen LogP contribution is -2.11. The van der Waals surface area contributed by atoms with Crippen LogP contribution < -0.4 is 4.74 Å². The second kappa shape index (κ2) is 1.77. The molecule has 3 rings (SSSR count). The molecule has 2 aliphatic rings. The molecule has 1 aromatic rings. The van der Waals surface area contributed by atoms with Gasteiger partial charge in [-0.05, 0) is 6.07 Å². The molecule has 1 aromatic carbocycles. The summed E-state index contributed by atoms with van der Waals surface area (Å²) in [6.07, 6.45) is 0.671. The van der Waals surface area contributed by atoms with Crippen LogP contribution in [0.4, 0.5) is 0 Å². The molecule has 0 N–H and O–H groups in total. The number of ether oxygens (including phenoxy) is 2. The van der Waals surface area contributed by atoms with Gasteiger partial charge in [0.05, 0.1) is 0 Å². The largest absolute Gasteiger partial charge is 0.490 e. The lowest BCUT2D eigenvalue weighted by atomic mass is 10.1. The van der Waals surface area contributed by atoms with Crippen LogP contribution in [0.5, 0.6) is 5.75 Å². The molecule has 0 aliphatic carbocycles. The van der Waals surface area contributed by atoms with E-state index in [1.165, 1.54) is 5.56 Å². The molecular formula is C9H8O2. The van der Waals surface area contributed by atoms with E-state index in [9.17, 15) is 0 Å². The highest BCUT2D eigenvalue weighted by atomic mass is 16.6. The van der Waals surface area contributed by atoms with E-state index in [-0.39, 0.29) is 0 Å². The maximum absolute atomic E-state index is 5.45. The highest BCUT2D eigenvalue weighted by molar-refractivity contribution is 5.39. The maximum Gasteiger partial charge on any atom is 0.125 e. The topological polar surface area (TPSA) is 21.8 Å². The Morgan fingerprint density at radius 2 is 2.18 bits per heavy atom. The van der Waals surface area contributed by atoms with Crippen molar-refractivity contribution in [3.8, 4) is 5.75 Å². The normalized spacial score (nSPS) is 31.6. The summed E-state index contributed by atoms with van der Waals surface area (Å²) in [5, 5.41) is 0. The molecule has 0 aromatic heterocycles. The van der Waals surface area contributed by atoms with Gasteiger partial charge in [0.25, 0.3) is 0 Å². The number of para-hydroxylation sites is 1. The van der Waals surface area contributed by atoms with Crippen molar-refractivity contribution in [2.75, 3.05) is 6.61 Å². The Labute approximate surface area is 64.7 Å². The van der Waals surface area contributed by atoms with Gasteiger partial charge in [-0.1, -0.05) is 18.2 Å². The van der Waals surface area contributed by atoms with Gasteiger partial charge in [0.1, 0.15) is 24.6 Å². The molecular weight excluding hydrogens is 140 g/mol. The van der Waals surface area contributed by atoms with E-state index < -0.39 is 0 Å². The van der Waals surface area contributed by atoms with Gasteiger partial charge in [0, 0.05) is 5.56 Å². The Balaban J connectivity index is 2.14. The maximum atomic E-state index is 5.45. The van der Waals surface area contributed by atoms with Crippen molar-refractivity contribution in [3.05, 3.63) is 29.8 Å². The predicted octanol–water partition coefficient (Wildman–Crippen LogP) is 1.52. The molecule has 0 spiro atoms. The molecule has 2 atom stereocenters. The first kappa shape index (κ1) is 5.61. The minimum absolute atomic E-state index is 0.333. The monoisotopic (exact) mass is 148 g/mol. The van der Waals surface area contributed by atoms with Gasteiger partial charge in [-0.2, -0.15) is 0 Å². The molecule has 11 heavy (non-hydrogen) atoms. The fraction of sp³-hybridized carbons (Fsp3) is 0.333. The predicted molar refractivity (Wildman–Crippen MR) is 39.6 cm³/mol. The van der Waals surface area contributed by atoms with Gasteiger partial charge >= 0.3 is 0 Å². The first-order valence-corrected chi connectivity index (χ1v) is 3.82. The zero-order valence-corrected chi connectivity index (χ0v) is 5.99. The van der Waals surface area contributed by atoms with Crippen molar-refractivity contribution < 1.29 is 9.47 Å². The summed E-state index contributed by atoms with van der Waals surface area (Å²) >= 11 is 0. The van der Waals surface area contributed by atoms with Gasteiger partial charge in [-0.25, -0.2) is 0 Å². The average molecular weight is 148 g/mol. The molecule has 0 unspecified atom stereocenters. The van der Waals surface area contributed by atoms with E-state index in [0.29, 0.717) is 12.2 Å². The summed E-state index contributed by atoms with van der Waals surface area (Å²) in [4.78, 5) is 0. The van der Waals surface area contributed by atoms with E-state index in [1.54, 1.807) is 0 Å². The molecule has 2 heteroatoms. The van der Waals surface area contributed by atoms with Gasteiger partial charge < -0.3 is 9.47 Å². The van der Waals surface area contributed by atoms with Crippen LogP contribution in [0.25, 0.3) is 0 Å². The number of rotatable bonds is 0. The molecule has 0 bridgehead atoms. The Morgan fingerprint density at radius 3 is 3.18 bits per heavy atom. The van der Waals surface area contributed by atoms with Crippen LogP contribution >= 0.6 is 0 Å². The fourth-order valence-electron chi connectivity index (χ4n) is 1.56. The van der Waals surface area contributed by atoms with Crippen LogP contribution in [0, 0.1) is 0 Å². The lowest BCUT2D eigenvalue weighted by molar-refractivity contribution is 0.267. The van der Waals surface area contributed by atoms with E-state index in [0.717, 1.165) is 12.4 Å². The van der Waals surface area contributed by atoms with Crippen molar-refractivity contribution in [1.29, 1.82) is 0 Å². The third kappa shape index (κ3) is 0.701. The summed E-state index contributed by atoms with van der Waals surface area (Å²) in [5.41, 5.74) is 1.21. The standard InChI is InChI=1S/C9H8O2/c1-2-4-7-6(3-1)9-8(11-9)5-10-7/h1-4,8-9H,5H2/t8-,9+/m1/s1. The summed E-state index contributed by atoms with van der Waals surface area (Å²) in [6, 6.07) is 8.07. The van der Waals surface area contributed by atoms with E-state index >= 15 is 0 Å². The van der Waals surface area contributed by atoms with Crippen LogP contribution in [0.2, 0.25) is 0 Å². The number of epoxide rings is 1. The highest BCUT2D eigenvalue weighted by Gasteiger charge is 2.45. The van der Waals surface area contributed by atoms with Crippen LogP contribution in [0.3, 0.4) is 0 Å². The summed E-state index contributed by atoms with van der Waals surface area (Å²) < 4.78 is 10.8. The van der Waals surface area contributed by atoms with Gasteiger partial charge in [0.2, 0.25) is 0 Å². The minimum Gasteiger partial charge on any atom is -0.490 e. The second-order valence-electron chi connectivity index (χ2n) is 2.94. The van der Waals surface area contributed by atoms with Crippen LogP contribution in [-0.4, -0.2) is 12.7 Å². The Morgan fingerprint density at radius 1 is 1.27 bits per heavy atom. The third-order valence-electron chi connectivity index (χ3n) is 2.21. The Kier molecular flexibility index (Phi) is 0.902. The second-order valence-corrected chi connectivity index (χ2v) is 2.94. The molecule has 0 saturated carbocycles. The fourth-order valence-corrected chi connectivity index (χ4v) is 1.56. The van der Waals surface area contributed by atoms with Gasteiger partial charge in [-0.3, -0.25) is 0 Å². The Hall–Kier alpha value is -1.02. The number of fused-ring (bicyclic) bond motifs is 3. The SMILES string of the molecule is c1ccc2c(c1)OC[C@H]1O[C@@H]21. The third-order valence-corrected chi connectivity index (χ3v) is 2.21. The average Bonchev–Trinajstić information content (AvgIpc) is 2.83. The summed E-state index contributed by atoms with van der Waals surface area (Å²) in [6.45, 7) is 0.724. The van der Waals surface area contributed by atoms with Gasteiger partial charge in [0.15, 0.2) is 0 Å². The van der Waals surface area contributed by atoms with Crippen molar-refractivity contribution in [1.82, 2.24) is 0 Å². The zero-order valence-electron chi connectivity index (χ0n) is 5.99. The van der Waals surface area contributed by atoms with E-state index in [4.69, 9.17) is 9.47 Å². The molecule has 2 heterocycles. The summed E-state index contributed by atoms with van der Waals surface area (Å²) in [7, 11) is 0. The van der Waals surface area contributed by atoms with E-state index in [2.05, 4.69) is 6.07 Å². The van der Waals surface area contributed by atoms with Crippen LogP contribution in [-0.2, 0) is 4.74 Å². The van der Waals surface area contributed by atoms with Crippen molar-refractivity contribution in [2.24, 2.45) is 0 Å². The van der Waals surface area contributed by atoms with Crippen molar-refractivity contribution >= 4 is 0 Å². The number of hydrogen-bond donors (Lipinski definition) is 0. The quantitative estimate of drug-likeness (QED) is 0.520. The van der Waals surface area contributed by atoms with Crippen LogP contribution in [0.1, 0.15) is 11.7 Å². The van der Waals surface area contributed by atoms with Crippen molar-refractivity contribution in [3.63, 3.8) is 0 Å².